The van der Waals surface area contributed by atoms with Crippen LogP contribution in [-0.4, -0.2) is 35.6 Å². The Morgan fingerprint density at radius 3 is 2.91 bits per heavy atom. The molecule has 8 heteroatoms. The van der Waals surface area contributed by atoms with E-state index in [0.717, 1.165) is 24.2 Å². The van der Waals surface area contributed by atoms with Gasteiger partial charge in [0.25, 0.3) is 11.8 Å². The van der Waals surface area contributed by atoms with E-state index in [1.54, 1.807) is 12.1 Å². The first kappa shape index (κ1) is 15.5. The van der Waals surface area contributed by atoms with E-state index in [2.05, 4.69) is 26.1 Å². The minimum absolute atomic E-state index is 0.302. The van der Waals surface area contributed by atoms with Crippen LogP contribution in [0.15, 0.2) is 18.2 Å². The molecule has 0 saturated carbocycles. The molecular weight excluding hydrogens is 318 g/mol. The predicted octanol–water partition coefficient (Wildman–Crippen LogP) is 1.32. The van der Waals surface area contributed by atoms with Gasteiger partial charge < -0.3 is 16.0 Å². The van der Waals surface area contributed by atoms with Crippen molar-refractivity contribution >= 4 is 29.1 Å². The number of H-pyrrole nitrogens is 1. The highest BCUT2D eigenvalue weighted by Gasteiger charge is 2.22. The third-order valence-electron chi connectivity index (χ3n) is 3.72. The molecule has 0 bridgehead atoms. The second-order valence-electron chi connectivity index (χ2n) is 5.18. The largest absolute Gasteiger partial charge is 0.355 e. The maximum atomic E-state index is 12.5. The van der Waals surface area contributed by atoms with Crippen molar-refractivity contribution in [1.82, 2.24) is 20.8 Å². The number of rotatable bonds is 3. The van der Waals surface area contributed by atoms with Crippen molar-refractivity contribution in [3.63, 3.8) is 0 Å². The van der Waals surface area contributed by atoms with Crippen LogP contribution in [0.4, 0.5) is 5.69 Å². The Bertz CT molecular complexity index is 771. The van der Waals surface area contributed by atoms with E-state index in [1.165, 1.54) is 13.1 Å². The van der Waals surface area contributed by atoms with Crippen molar-refractivity contribution in [2.24, 2.45) is 0 Å². The van der Waals surface area contributed by atoms with Gasteiger partial charge in [-0.3, -0.25) is 14.7 Å². The van der Waals surface area contributed by atoms with Gasteiger partial charge in [0.05, 0.1) is 11.3 Å². The zero-order valence-electron chi connectivity index (χ0n) is 12.5. The molecule has 0 radical (unpaired) electrons. The molecule has 0 atom stereocenters. The average Bonchev–Trinajstić information content (AvgIpc) is 3.00. The Balaban J connectivity index is 1.89. The fraction of sp³-hybridized carbons (Fsp3) is 0.267. The SMILES string of the molecule is CNC(=O)c1cc(Cl)ccc1NC(=O)c1n[nH]c2c1CNCC2. The predicted molar refractivity (Wildman–Crippen MR) is 86.8 cm³/mol. The number of fused-ring (bicyclic) bond motifs is 1. The van der Waals surface area contributed by atoms with Crippen molar-refractivity contribution in [2.45, 2.75) is 13.0 Å². The molecule has 0 spiro atoms. The van der Waals surface area contributed by atoms with Crippen molar-refractivity contribution in [3.8, 4) is 0 Å². The average molecular weight is 334 g/mol. The van der Waals surface area contributed by atoms with Gasteiger partial charge in [-0.15, -0.1) is 0 Å². The van der Waals surface area contributed by atoms with Gasteiger partial charge in [0.15, 0.2) is 5.69 Å². The Morgan fingerprint density at radius 1 is 1.30 bits per heavy atom. The normalized spacial score (nSPS) is 13.3. The Kier molecular flexibility index (Phi) is 4.31. The standard InChI is InChI=1S/C15H16ClN5O2/c1-17-14(22)9-6-8(16)2-3-11(9)19-15(23)13-10-7-18-5-4-12(10)20-21-13/h2-3,6,18H,4-5,7H2,1H3,(H,17,22)(H,19,23)(H,20,21). The number of carbonyl (C=O) groups excluding carboxylic acids is 2. The third kappa shape index (κ3) is 3.06. The van der Waals surface area contributed by atoms with Crippen LogP contribution in [0.1, 0.15) is 32.1 Å². The van der Waals surface area contributed by atoms with Gasteiger partial charge in [0, 0.05) is 42.8 Å². The fourth-order valence-corrected chi connectivity index (χ4v) is 2.71. The molecule has 4 N–H and O–H groups in total. The van der Waals surface area contributed by atoms with E-state index in [4.69, 9.17) is 11.6 Å². The highest BCUT2D eigenvalue weighted by Crippen LogP contribution is 2.22. The van der Waals surface area contributed by atoms with Crippen LogP contribution in [0.3, 0.4) is 0 Å². The quantitative estimate of drug-likeness (QED) is 0.680. The minimum atomic E-state index is -0.362. The van der Waals surface area contributed by atoms with E-state index >= 15 is 0 Å². The minimum Gasteiger partial charge on any atom is -0.355 e. The summed E-state index contributed by atoms with van der Waals surface area (Å²) in [4.78, 5) is 24.4. The number of aromatic nitrogens is 2. The number of nitrogens with zero attached hydrogens (tertiary/aromatic N) is 1. The van der Waals surface area contributed by atoms with Crippen LogP contribution < -0.4 is 16.0 Å². The summed E-state index contributed by atoms with van der Waals surface area (Å²) in [6.45, 7) is 1.45. The number of benzene rings is 1. The number of hydrogen-bond acceptors (Lipinski definition) is 4. The number of halogens is 1. The first-order valence-electron chi connectivity index (χ1n) is 7.20. The van der Waals surface area contributed by atoms with Crippen LogP contribution in [0, 0.1) is 0 Å². The highest BCUT2D eigenvalue weighted by molar-refractivity contribution is 6.31. The molecule has 0 saturated heterocycles. The van der Waals surface area contributed by atoms with Gasteiger partial charge in [0.1, 0.15) is 0 Å². The molecular formula is C15H16ClN5O2. The molecule has 23 heavy (non-hydrogen) atoms. The molecule has 2 aromatic rings. The molecule has 3 rings (SSSR count). The smallest absolute Gasteiger partial charge is 0.276 e. The summed E-state index contributed by atoms with van der Waals surface area (Å²) < 4.78 is 0. The number of nitrogens with one attached hydrogen (secondary N) is 4. The Hall–Kier alpha value is -2.38. The molecule has 1 aliphatic heterocycles. The zero-order valence-corrected chi connectivity index (χ0v) is 13.3. The molecule has 0 fully saturated rings. The molecule has 7 nitrogen and oxygen atoms in total. The third-order valence-corrected chi connectivity index (χ3v) is 3.96. The Labute approximate surface area is 137 Å². The van der Waals surface area contributed by atoms with Crippen LogP contribution in [0.2, 0.25) is 5.02 Å². The monoisotopic (exact) mass is 333 g/mol. The van der Waals surface area contributed by atoms with Crippen molar-refractivity contribution in [3.05, 3.63) is 45.7 Å². The lowest BCUT2D eigenvalue weighted by atomic mass is 10.1. The maximum absolute atomic E-state index is 12.5. The summed E-state index contributed by atoms with van der Waals surface area (Å²) in [5.74, 6) is -0.688. The van der Waals surface area contributed by atoms with Gasteiger partial charge in [-0.05, 0) is 18.2 Å². The van der Waals surface area contributed by atoms with E-state index in [9.17, 15) is 9.59 Å². The maximum Gasteiger partial charge on any atom is 0.276 e. The van der Waals surface area contributed by atoms with Crippen LogP contribution in [0.25, 0.3) is 0 Å². The lowest BCUT2D eigenvalue weighted by molar-refractivity contribution is 0.0964. The van der Waals surface area contributed by atoms with E-state index in [1.807, 2.05) is 0 Å². The van der Waals surface area contributed by atoms with Gasteiger partial charge >= 0.3 is 0 Å². The van der Waals surface area contributed by atoms with Gasteiger partial charge in [-0.25, -0.2) is 0 Å². The molecule has 0 unspecified atom stereocenters. The van der Waals surface area contributed by atoms with Crippen molar-refractivity contribution in [1.29, 1.82) is 0 Å². The second-order valence-corrected chi connectivity index (χ2v) is 5.62. The molecule has 2 heterocycles. The van der Waals surface area contributed by atoms with E-state index in [0.29, 0.717) is 28.5 Å². The Morgan fingerprint density at radius 2 is 2.13 bits per heavy atom. The highest BCUT2D eigenvalue weighted by atomic mass is 35.5. The van der Waals surface area contributed by atoms with Crippen LogP contribution in [0.5, 0.6) is 0 Å². The molecule has 1 aromatic carbocycles. The van der Waals surface area contributed by atoms with E-state index in [-0.39, 0.29) is 11.8 Å². The lowest BCUT2D eigenvalue weighted by Gasteiger charge is -2.14. The van der Waals surface area contributed by atoms with E-state index < -0.39 is 0 Å². The number of anilines is 1. The van der Waals surface area contributed by atoms with Crippen LogP contribution in [-0.2, 0) is 13.0 Å². The molecule has 0 aliphatic carbocycles. The number of carbonyl (C=O) groups is 2. The molecule has 2 amide bonds. The van der Waals surface area contributed by atoms with Gasteiger partial charge in [0.2, 0.25) is 0 Å². The van der Waals surface area contributed by atoms with Crippen molar-refractivity contribution in [2.75, 3.05) is 18.9 Å². The lowest BCUT2D eigenvalue weighted by Crippen LogP contribution is -2.26. The van der Waals surface area contributed by atoms with Gasteiger partial charge in [-0.2, -0.15) is 5.10 Å². The first-order valence-corrected chi connectivity index (χ1v) is 7.57. The number of aromatic amines is 1. The summed E-state index contributed by atoms with van der Waals surface area (Å²) in [6.07, 6.45) is 0.806. The fourth-order valence-electron chi connectivity index (χ4n) is 2.54. The number of amides is 2. The summed E-state index contributed by atoms with van der Waals surface area (Å²) in [5, 5.41) is 15.9. The molecule has 1 aromatic heterocycles. The zero-order chi connectivity index (χ0) is 16.4. The summed E-state index contributed by atoms with van der Waals surface area (Å²) in [6, 6.07) is 4.73. The number of hydrogen-bond donors (Lipinski definition) is 4. The molecule has 120 valence electrons. The van der Waals surface area contributed by atoms with Crippen LogP contribution >= 0.6 is 11.6 Å². The summed E-state index contributed by atoms with van der Waals surface area (Å²) in [5.41, 5.74) is 2.86. The van der Waals surface area contributed by atoms with Crippen molar-refractivity contribution < 1.29 is 9.59 Å². The summed E-state index contributed by atoms with van der Waals surface area (Å²) >= 11 is 5.93. The second kappa shape index (κ2) is 6.39. The summed E-state index contributed by atoms with van der Waals surface area (Å²) in [7, 11) is 1.52. The first-order chi connectivity index (χ1) is 11.1. The molecule has 1 aliphatic rings. The topological polar surface area (TPSA) is 98.9 Å². The van der Waals surface area contributed by atoms with Gasteiger partial charge in [-0.1, -0.05) is 11.6 Å².